The molecule has 2 rings (SSSR count). The van der Waals surface area contributed by atoms with Crippen LogP contribution in [0.4, 0.5) is 0 Å². The van der Waals surface area contributed by atoms with Crippen molar-refractivity contribution in [2.45, 2.75) is 70.8 Å². The third kappa shape index (κ3) is 4.44. The van der Waals surface area contributed by atoms with Gasteiger partial charge in [0.2, 0.25) is 0 Å². The molecule has 1 aliphatic heterocycles. The van der Waals surface area contributed by atoms with Gasteiger partial charge in [0.05, 0.1) is 6.07 Å². The third-order valence-electron chi connectivity index (χ3n) is 5.79. The summed E-state index contributed by atoms with van der Waals surface area (Å²) in [5, 5.41) is 12.9. The zero-order valence-electron chi connectivity index (χ0n) is 14.0. The first-order valence-electron chi connectivity index (χ1n) is 9.11. The Bertz CT molecular complexity index is 349. The first-order chi connectivity index (χ1) is 10.2. The Morgan fingerprint density at radius 3 is 2.62 bits per heavy atom. The summed E-state index contributed by atoms with van der Waals surface area (Å²) >= 11 is 0. The van der Waals surface area contributed by atoms with Gasteiger partial charge in [-0.15, -0.1) is 0 Å². The number of nitriles is 1. The second kappa shape index (κ2) is 8.15. The van der Waals surface area contributed by atoms with E-state index in [0.717, 1.165) is 37.6 Å². The smallest absolute Gasteiger partial charge is 0.106 e. The minimum atomic E-state index is -0.294. The van der Waals surface area contributed by atoms with Crippen molar-refractivity contribution < 1.29 is 0 Å². The van der Waals surface area contributed by atoms with E-state index in [2.05, 4.69) is 30.1 Å². The fraction of sp³-hybridized carbons (Fsp3) is 0.944. The molecule has 3 nitrogen and oxygen atoms in total. The molecule has 1 saturated heterocycles. The lowest BCUT2D eigenvalue weighted by atomic mass is 9.75. The van der Waals surface area contributed by atoms with Gasteiger partial charge in [0.1, 0.15) is 5.54 Å². The van der Waals surface area contributed by atoms with Crippen LogP contribution in [0.5, 0.6) is 0 Å². The highest BCUT2D eigenvalue weighted by atomic mass is 15.1. The van der Waals surface area contributed by atoms with Crippen LogP contribution in [-0.2, 0) is 0 Å². The fourth-order valence-corrected chi connectivity index (χ4v) is 4.39. The van der Waals surface area contributed by atoms with Gasteiger partial charge in [-0.1, -0.05) is 33.1 Å². The Morgan fingerprint density at radius 2 is 1.95 bits per heavy atom. The van der Waals surface area contributed by atoms with Crippen molar-refractivity contribution in [1.29, 1.82) is 5.26 Å². The lowest BCUT2D eigenvalue weighted by molar-refractivity contribution is 0.0844. The summed E-state index contributed by atoms with van der Waals surface area (Å²) in [4.78, 5) is 2.66. The van der Waals surface area contributed by atoms with Crippen molar-refractivity contribution in [1.82, 2.24) is 10.2 Å². The Kier molecular flexibility index (Phi) is 6.51. The van der Waals surface area contributed by atoms with Crippen LogP contribution in [0.25, 0.3) is 0 Å². The summed E-state index contributed by atoms with van der Waals surface area (Å²) in [7, 11) is 0. The zero-order chi connectivity index (χ0) is 15.1. The molecular weight excluding hydrogens is 258 g/mol. The van der Waals surface area contributed by atoms with E-state index in [0.29, 0.717) is 0 Å². The Morgan fingerprint density at radius 1 is 1.19 bits per heavy atom. The number of piperidine rings is 1. The van der Waals surface area contributed by atoms with Crippen LogP contribution >= 0.6 is 0 Å². The maximum Gasteiger partial charge on any atom is 0.106 e. The van der Waals surface area contributed by atoms with Crippen LogP contribution in [0.15, 0.2) is 0 Å². The number of rotatable bonds is 7. The number of likely N-dealkylation sites (tertiary alicyclic amines) is 1. The molecule has 21 heavy (non-hydrogen) atoms. The van der Waals surface area contributed by atoms with E-state index in [1.54, 1.807) is 0 Å². The molecule has 0 radical (unpaired) electrons. The highest BCUT2D eigenvalue weighted by Gasteiger charge is 2.31. The first-order valence-corrected chi connectivity index (χ1v) is 9.11. The van der Waals surface area contributed by atoms with Crippen LogP contribution in [0, 0.1) is 23.2 Å². The molecule has 3 heteroatoms. The van der Waals surface area contributed by atoms with Crippen molar-refractivity contribution in [3.05, 3.63) is 0 Å². The monoisotopic (exact) mass is 291 g/mol. The summed E-state index contributed by atoms with van der Waals surface area (Å²) in [5.74, 6) is 1.98. The molecule has 3 atom stereocenters. The molecule has 1 heterocycles. The van der Waals surface area contributed by atoms with Gasteiger partial charge in [0.15, 0.2) is 0 Å². The molecule has 0 bridgehead atoms. The molecule has 1 N–H and O–H groups in total. The Labute approximate surface area is 131 Å². The van der Waals surface area contributed by atoms with Gasteiger partial charge in [0, 0.05) is 6.54 Å². The number of nitrogens with one attached hydrogen (secondary N) is 1. The second-order valence-corrected chi connectivity index (χ2v) is 7.08. The van der Waals surface area contributed by atoms with Crippen LogP contribution in [0.3, 0.4) is 0 Å². The van der Waals surface area contributed by atoms with Crippen molar-refractivity contribution in [2.24, 2.45) is 11.8 Å². The average molecular weight is 291 g/mol. The molecule has 1 aliphatic carbocycles. The van der Waals surface area contributed by atoms with Gasteiger partial charge >= 0.3 is 0 Å². The highest BCUT2D eigenvalue weighted by Crippen LogP contribution is 2.36. The number of hydrogen-bond donors (Lipinski definition) is 1. The minimum absolute atomic E-state index is 0.294. The van der Waals surface area contributed by atoms with Crippen molar-refractivity contribution in [3.63, 3.8) is 0 Å². The summed E-state index contributed by atoms with van der Waals surface area (Å²) in [6.07, 6.45) is 10.3. The average Bonchev–Trinajstić information content (AvgIpc) is 2.54. The van der Waals surface area contributed by atoms with Gasteiger partial charge in [0.25, 0.3) is 0 Å². The fourth-order valence-electron chi connectivity index (χ4n) is 4.39. The van der Waals surface area contributed by atoms with E-state index >= 15 is 0 Å². The van der Waals surface area contributed by atoms with Gasteiger partial charge in [-0.05, 0) is 63.6 Å². The second-order valence-electron chi connectivity index (χ2n) is 7.08. The molecule has 120 valence electrons. The largest absolute Gasteiger partial charge is 0.303 e. The maximum atomic E-state index is 9.47. The van der Waals surface area contributed by atoms with E-state index in [-0.39, 0.29) is 5.54 Å². The lowest BCUT2D eigenvalue weighted by Crippen LogP contribution is -2.45. The summed E-state index contributed by atoms with van der Waals surface area (Å²) in [6.45, 7) is 8.88. The van der Waals surface area contributed by atoms with Gasteiger partial charge in [-0.2, -0.15) is 5.26 Å². The van der Waals surface area contributed by atoms with Crippen LogP contribution < -0.4 is 5.32 Å². The minimum Gasteiger partial charge on any atom is -0.303 e. The molecule has 1 saturated carbocycles. The number of nitrogens with zero attached hydrogens (tertiary/aromatic N) is 2. The van der Waals surface area contributed by atoms with E-state index < -0.39 is 0 Å². The topological polar surface area (TPSA) is 39.1 Å². The van der Waals surface area contributed by atoms with E-state index in [4.69, 9.17) is 0 Å². The normalized spacial score (nSPS) is 29.4. The summed E-state index contributed by atoms with van der Waals surface area (Å²) in [5.41, 5.74) is -0.294. The third-order valence-corrected chi connectivity index (χ3v) is 5.79. The van der Waals surface area contributed by atoms with Crippen LogP contribution in [0.2, 0.25) is 0 Å². The molecule has 0 aromatic heterocycles. The zero-order valence-corrected chi connectivity index (χ0v) is 14.0. The molecule has 0 spiro atoms. The van der Waals surface area contributed by atoms with Gasteiger partial charge < -0.3 is 4.90 Å². The van der Waals surface area contributed by atoms with E-state index in [1.807, 2.05) is 0 Å². The maximum absolute atomic E-state index is 9.47. The molecule has 3 unspecified atom stereocenters. The molecule has 0 aromatic rings. The SMILES string of the molecule is CCNC(C#N)(CC)CCCN1CCC2CCCCC2C1. The van der Waals surface area contributed by atoms with Gasteiger partial charge in [-0.25, -0.2) is 0 Å². The van der Waals surface area contributed by atoms with Crippen molar-refractivity contribution in [2.75, 3.05) is 26.2 Å². The predicted octanol–water partition coefficient (Wildman–Crippen LogP) is 3.56. The Balaban J connectivity index is 1.74. The molecule has 0 aromatic carbocycles. The van der Waals surface area contributed by atoms with Crippen molar-refractivity contribution >= 4 is 0 Å². The standard InChI is InChI=1S/C18H33N3/c1-3-18(15-19,20-4-2)11-7-12-21-13-10-16-8-5-6-9-17(16)14-21/h16-17,20H,3-14H2,1-2H3. The number of hydrogen-bond acceptors (Lipinski definition) is 3. The van der Waals surface area contributed by atoms with Crippen molar-refractivity contribution in [3.8, 4) is 6.07 Å². The highest BCUT2D eigenvalue weighted by molar-refractivity contribution is 5.06. The molecular formula is C18H33N3. The predicted molar refractivity (Wildman–Crippen MR) is 88.1 cm³/mol. The summed E-state index contributed by atoms with van der Waals surface area (Å²) in [6, 6.07) is 2.52. The molecule has 2 fully saturated rings. The number of fused-ring (bicyclic) bond motifs is 1. The molecule has 0 amide bonds. The Hall–Kier alpha value is -0.590. The molecule has 2 aliphatic rings. The van der Waals surface area contributed by atoms with Gasteiger partial charge in [-0.3, -0.25) is 5.32 Å². The van der Waals surface area contributed by atoms with Crippen LogP contribution in [0.1, 0.15) is 65.2 Å². The van der Waals surface area contributed by atoms with E-state index in [1.165, 1.54) is 51.7 Å². The summed E-state index contributed by atoms with van der Waals surface area (Å²) < 4.78 is 0. The van der Waals surface area contributed by atoms with E-state index in [9.17, 15) is 5.26 Å². The van der Waals surface area contributed by atoms with Crippen LogP contribution in [-0.4, -0.2) is 36.6 Å². The first kappa shape index (κ1) is 16.8. The quantitative estimate of drug-likeness (QED) is 0.779. The lowest BCUT2D eigenvalue weighted by Gasteiger charge is -2.41.